The molecule has 1 aliphatic heterocycles. The van der Waals surface area contributed by atoms with Crippen LogP contribution in [0.5, 0.6) is 0 Å². The Labute approximate surface area is 284 Å². The average Bonchev–Trinajstić information content (AvgIpc) is 3.61. The zero-order valence-corrected chi connectivity index (χ0v) is 29.9. The van der Waals surface area contributed by atoms with Gasteiger partial charge in [-0.2, -0.15) is 13.8 Å². The Hall–Kier alpha value is -2.98. The standard InChI is InChI=1S/C31H48F2N3O12P/c1-8-9-10-11-12-13-14-22(37)46-23-30(47-24(31(23,32)33)36-16-15-21(34)35-27(36)40)17-20(30)48-49(41,44-18-42-25(38)28(2,3)4)45-19-43-26(39)29(5,6)7/h15-16,20,23-24H,8-14,17-19H2,1-7H3,(H2,34,35,40)/t20?,23-,24-,30?/m1/s1. The Balaban J connectivity index is 1.85. The van der Waals surface area contributed by atoms with Crippen molar-refractivity contribution < 1.29 is 60.2 Å². The minimum atomic E-state index is -4.87. The number of alkyl halides is 2. The van der Waals surface area contributed by atoms with Crippen molar-refractivity contribution in [1.29, 1.82) is 0 Å². The van der Waals surface area contributed by atoms with Gasteiger partial charge in [-0.3, -0.25) is 23.5 Å². The molecule has 1 aromatic rings. The van der Waals surface area contributed by atoms with Crippen molar-refractivity contribution in [3.05, 3.63) is 22.7 Å². The molecule has 2 N–H and O–H groups in total. The number of hydrogen-bond donors (Lipinski definition) is 1. The van der Waals surface area contributed by atoms with Gasteiger partial charge in [0.15, 0.2) is 0 Å². The van der Waals surface area contributed by atoms with Gasteiger partial charge in [-0.25, -0.2) is 18.4 Å². The number of phosphoric acid groups is 1. The minimum Gasteiger partial charge on any atom is -0.452 e. The lowest BCUT2D eigenvalue weighted by molar-refractivity contribution is -0.177. The van der Waals surface area contributed by atoms with Crippen molar-refractivity contribution in [2.45, 2.75) is 130 Å². The molecule has 49 heavy (non-hydrogen) atoms. The molecule has 2 unspecified atom stereocenters. The van der Waals surface area contributed by atoms with Crippen LogP contribution in [0.25, 0.3) is 0 Å². The first-order valence-electron chi connectivity index (χ1n) is 16.2. The number of phosphoric ester groups is 1. The Morgan fingerprint density at radius 3 is 2.08 bits per heavy atom. The molecule has 1 aromatic heterocycles. The number of halogens is 2. The molecule has 1 spiro atoms. The predicted octanol–water partition coefficient (Wildman–Crippen LogP) is 5.41. The van der Waals surface area contributed by atoms with Crippen molar-refractivity contribution in [2.24, 2.45) is 10.8 Å². The number of carbonyl (C=O) groups is 3. The fourth-order valence-electron chi connectivity index (χ4n) is 4.80. The van der Waals surface area contributed by atoms with E-state index in [-0.39, 0.29) is 12.2 Å². The van der Waals surface area contributed by atoms with Gasteiger partial charge in [-0.05, 0) is 54.0 Å². The summed E-state index contributed by atoms with van der Waals surface area (Å²) in [7, 11) is -4.87. The van der Waals surface area contributed by atoms with E-state index in [9.17, 15) is 23.7 Å². The number of esters is 3. The molecule has 278 valence electrons. The molecule has 1 aliphatic carbocycles. The Bertz CT molecular complexity index is 1410. The number of anilines is 1. The van der Waals surface area contributed by atoms with E-state index >= 15 is 8.78 Å². The van der Waals surface area contributed by atoms with Gasteiger partial charge in [0.2, 0.25) is 25.9 Å². The van der Waals surface area contributed by atoms with Gasteiger partial charge in [0.05, 0.1) is 10.8 Å². The zero-order chi connectivity index (χ0) is 36.8. The van der Waals surface area contributed by atoms with Crippen molar-refractivity contribution in [3.63, 3.8) is 0 Å². The first kappa shape index (κ1) is 40.4. The number of aromatic nitrogens is 2. The number of hydrogen-bond acceptors (Lipinski definition) is 14. The van der Waals surface area contributed by atoms with E-state index in [1.807, 2.05) is 0 Å². The molecule has 2 aliphatic rings. The number of rotatable bonds is 17. The first-order chi connectivity index (χ1) is 22.7. The summed E-state index contributed by atoms with van der Waals surface area (Å²) in [5.41, 5.74) is 0.325. The highest BCUT2D eigenvalue weighted by Crippen LogP contribution is 2.65. The van der Waals surface area contributed by atoms with Gasteiger partial charge in [0, 0.05) is 19.0 Å². The van der Waals surface area contributed by atoms with Crippen LogP contribution in [-0.4, -0.2) is 64.8 Å². The quantitative estimate of drug-likeness (QED) is 0.0704. The maximum Gasteiger partial charge on any atom is 0.481 e. The largest absolute Gasteiger partial charge is 0.481 e. The summed E-state index contributed by atoms with van der Waals surface area (Å²) in [4.78, 5) is 53.4. The average molecular weight is 724 g/mol. The van der Waals surface area contributed by atoms with E-state index in [1.165, 1.54) is 0 Å². The van der Waals surface area contributed by atoms with Gasteiger partial charge in [0.25, 0.3) is 0 Å². The van der Waals surface area contributed by atoms with Crippen molar-refractivity contribution in [2.75, 3.05) is 19.3 Å². The fourth-order valence-corrected chi connectivity index (χ4v) is 5.93. The number of carbonyl (C=O) groups excluding carboxylic acids is 3. The summed E-state index contributed by atoms with van der Waals surface area (Å²) in [6.45, 7) is 9.55. The van der Waals surface area contributed by atoms with Crippen LogP contribution < -0.4 is 11.4 Å². The van der Waals surface area contributed by atoms with Crippen LogP contribution in [0, 0.1) is 10.8 Å². The Kier molecular flexibility index (Phi) is 13.1. The van der Waals surface area contributed by atoms with Gasteiger partial charge < -0.3 is 24.7 Å². The lowest BCUT2D eigenvalue weighted by Crippen LogP contribution is -2.45. The number of nitrogen functional groups attached to an aromatic ring is 1. The lowest BCUT2D eigenvalue weighted by Gasteiger charge is -2.25. The molecule has 0 bridgehead atoms. The Morgan fingerprint density at radius 1 is 1.00 bits per heavy atom. The molecule has 0 aromatic carbocycles. The van der Waals surface area contributed by atoms with Gasteiger partial charge in [-0.15, -0.1) is 0 Å². The van der Waals surface area contributed by atoms with Crippen LogP contribution in [0.15, 0.2) is 17.1 Å². The SMILES string of the molecule is CCCCCCCCC(=O)O[C@@H]1C2(CC2OP(=O)(OCOC(=O)C(C)(C)C)OCOC(=O)C(C)(C)C)O[C@@H](n2ccc(N)nc2=O)C1(F)F. The minimum absolute atomic E-state index is 0.155. The zero-order valence-electron chi connectivity index (χ0n) is 29.0. The molecule has 18 heteroatoms. The van der Waals surface area contributed by atoms with Crippen LogP contribution in [0.1, 0.15) is 106 Å². The third-order valence-electron chi connectivity index (χ3n) is 7.71. The summed E-state index contributed by atoms with van der Waals surface area (Å²) in [6.07, 6.45) is -0.757. The second-order valence-corrected chi connectivity index (χ2v) is 15.8. The van der Waals surface area contributed by atoms with Crippen LogP contribution in [-0.2, 0) is 51.5 Å². The fraction of sp³-hybridized carbons (Fsp3) is 0.774. The molecule has 0 radical (unpaired) electrons. The maximum atomic E-state index is 16.2. The smallest absolute Gasteiger partial charge is 0.452 e. The molecule has 4 atom stereocenters. The summed E-state index contributed by atoms with van der Waals surface area (Å²) >= 11 is 0. The molecule has 0 amide bonds. The summed E-state index contributed by atoms with van der Waals surface area (Å²) in [5, 5.41) is 0. The molecule has 2 heterocycles. The van der Waals surface area contributed by atoms with Crippen LogP contribution in [0.2, 0.25) is 0 Å². The number of unbranched alkanes of at least 4 members (excludes halogenated alkanes) is 5. The summed E-state index contributed by atoms with van der Waals surface area (Å²) in [5.74, 6) is -6.64. The lowest BCUT2D eigenvalue weighted by atomic mass is 9.98. The van der Waals surface area contributed by atoms with Crippen LogP contribution in [0.4, 0.5) is 14.6 Å². The van der Waals surface area contributed by atoms with Crippen molar-refractivity contribution in [1.82, 2.24) is 9.55 Å². The van der Waals surface area contributed by atoms with Crippen LogP contribution in [0.3, 0.4) is 0 Å². The summed E-state index contributed by atoms with van der Waals surface area (Å²) < 4.78 is 83.5. The second kappa shape index (κ2) is 15.9. The first-order valence-corrected chi connectivity index (χ1v) is 17.6. The van der Waals surface area contributed by atoms with Gasteiger partial charge in [0.1, 0.15) is 17.5 Å². The van der Waals surface area contributed by atoms with E-state index < -0.39 is 92.2 Å². The number of ether oxygens (including phenoxy) is 4. The van der Waals surface area contributed by atoms with E-state index in [4.69, 9.17) is 38.3 Å². The van der Waals surface area contributed by atoms with Crippen LogP contribution >= 0.6 is 7.82 Å². The van der Waals surface area contributed by atoms with E-state index in [0.29, 0.717) is 17.4 Å². The van der Waals surface area contributed by atoms with E-state index in [0.717, 1.165) is 37.9 Å². The molecule has 1 saturated carbocycles. The van der Waals surface area contributed by atoms with E-state index in [2.05, 4.69) is 11.9 Å². The molecule has 15 nitrogen and oxygen atoms in total. The highest BCUT2D eigenvalue weighted by atomic mass is 31.2. The second-order valence-electron chi connectivity index (χ2n) is 14.1. The molecular formula is C31H48F2N3O12P. The maximum absolute atomic E-state index is 16.2. The number of nitrogens with zero attached hydrogens (tertiary/aromatic N) is 2. The highest BCUT2D eigenvalue weighted by Gasteiger charge is 2.80. The molecule has 1 saturated heterocycles. The topological polar surface area (TPSA) is 194 Å². The summed E-state index contributed by atoms with van der Waals surface area (Å²) in [6, 6.07) is 1.11. The van der Waals surface area contributed by atoms with Gasteiger partial charge >= 0.3 is 37.3 Å². The molecular weight excluding hydrogens is 675 g/mol. The van der Waals surface area contributed by atoms with Crippen molar-refractivity contribution in [3.8, 4) is 0 Å². The van der Waals surface area contributed by atoms with E-state index in [1.54, 1.807) is 41.5 Å². The third-order valence-corrected chi connectivity index (χ3v) is 9.07. The number of nitrogens with two attached hydrogens (primary N) is 1. The predicted molar refractivity (Wildman–Crippen MR) is 169 cm³/mol. The Morgan fingerprint density at radius 2 is 1.55 bits per heavy atom. The molecule has 2 fully saturated rings. The highest BCUT2D eigenvalue weighted by molar-refractivity contribution is 7.48. The van der Waals surface area contributed by atoms with Crippen molar-refractivity contribution >= 4 is 31.5 Å². The molecule has 3 rings (SSSR count). The monoisotopic (exact) mass is 723 g/mol. The third kappa shape index (κ3) is 10.5. The normalized spacial score (nSPS) is 23.3. The van der Waals surface area contributed by atoms with Gasteiger partial charge in [-0.1, -0.05) is 39.0 Å².